The topological polar surface area (TPSA) is 107 Å². The number of carbonyl (C=O) groups is 2. The van der Waals surface area contributed by atoms with E-state index in [1.807, 2.05) is 20.8 Å². The first-order chi connectivity index (χ1) is 12.4. The van der Waals surface area contributed by atoms with Crippen LogP contribution in [0.5, 0.6) is 0 Å². The summed E-state index contributed by atoms with van der Waals surface area (Å²) >= 11 is 0. The molecule has 0 radical (unpaired) electrons. The number of hydrogen-bond acceptors (Lipinski definition) is 6. The number of ether oxygens (including phenoxy) is 2. The molecule has 2 aliphatic rings. The van der Waals surface area contributed by atoms with E-state index in [-0.39, 0.29) is 19.0 Å². The fourth-order valence-corrected chi connectivity index (χ4v) is 4.55. The summed E-state index contributed by atoms with van der Waals surface area (Å²) in [4.78, 5) is 24.6. The van der Waals surface area contributed by atoms with E-state index in [9.17, 15) is 18.0 Å². The summed E-state index contributed by atoms with van der Waals surface area (Å²) in [6, 6.07) is 0. The molecule has 0 aromatic carbocycles. The molecule has 8 heteroatoms. The van der Waals surface area contributed by atoms with Gasteiger partial charge in [-0.15, -0.1) is 0 Å². The molecule has 0 spiro atoms. The average Bonchev–Trinajstić information content (AvgIpc) is 2.50. The molecule has 2 fully saturated rings. The van der Waals surface area contributed by atoms with Crippen molar-refractivity contribution < 1.29 is 32.0 Å². The van der Waals surface area contributed by atoms with Gasteiger partial charge < -0.3 is 9.47 Å². The first-order valence-electron chi connectivity index (χ1n) is 9.73. The van der Waals surface area contributed by atoms with Crippen LogP contribution < -0.4 is 0 Å². The minimum atomic E-state index is -4.16. The van der Waals surface area contributed by atoms with Gasteiger partial charge in [0.2, 0.25) is 0 Å². The Balaban J connectivity index is 2.00. The van der Waals surface area contributed by atoms with E-state index in [4.69, 9.17) is 14.0 Å². The molecule has 0 aliphatic heterocycles. The first kappa shape index (κ1) is 22.1. The van der Waals surface area contributed by atoms with Gasteiger partial charge >= 0.3 is 11.9 Å². The van der Waals surface area contributed by atoms with Crippen molar-refractivity contribution in [2.75, 3.05) is 12.4 Å². The van der Waals surface area contributed by atoms with Crippen molar-refractivity contribution in [3.63, 3.8) is 0 Å². The summed E-state index contributed by atoms with van der Waals surface area (Å²) in [5, 5.41) is 0. The van der Waals surface area contributed by atoms with Crippen LogP contribution in [0.2, 0.25) is 0 Å². The van der Waals surface area contributed by atoms with Crippen LogP contribution >= 0.6 is 0 Å². The second-order valence-corrected chi connectivity index (χ2v) is 10.7. The predicted molar refractivity (Wildman–Crippen MR) is 99.6 cm³/mol. The Bertz CT molecular complexity index is 635. The summed E-state index contributed by atoms with van der Waals surface area (Å²) in [6.45, 7) is 5.07. The van der Waals surface area contributed by atoms with E-state index in [2.05, 4.69) is 0 Å². The summed E-state index contributed by atoms with van der Waals surface area (Å²) < 4.78 is 41.0. The molecule has 1 N–H and O–H groups in total. The number of carbonyl (C=O) groups excluding carboxylic acids is 2. The van der Waals surface area contributed by atoms with Crippen LogP contribution in [0.1, 0.15) is 72.1 Å². The zero-order valence-electron chi connectivity index (χ0n) is 16.5. The van der Waals surface area contributed by atoms with Gasteiger partial charge in [0.05, 0.1) is 5.41 Å². The highest BCUT2D eigenvalue weighted by molar-refractivity contribution is 7.85. The fourth-order valence-electron chi connectivity index (χ4n) is 4.26. The Morgan fingerprint density at radius 3 is 2.26 bits per heavy atom. The zero-order chi connectivity index (χ0) is 20.3. The number of hydrogen-bond donors (Lipinski definition) is 1. The standard InChI is InChI=1S/C19H32O7S/c1-18(2,3)17(21)26-19(12-14-5-4-6-15(11-14)13-19)8-7-16(20)25-9-10-27(22,23)24/h14-15H,4-13H2,1-3H3,(H,22,23,24). The summed E-state index contributed by atoms with van der Waals surface area (Å²) in [7, 11) is -4.16. The molecule has 0 heterocycles. The van der Waals surface area contributed by atoms with Crippen molar-refractivity contribution in [2.45, 2.75) is 77.7 Å². The Morgan fingerprint density at radius 1 is 1.15 bits per heavy atom. The quantitative estimate of drug-likeness (QED) is 0.513. The summed E-state index contributed by atoms with van der Waals surface area (Å²) in [6.07, 6.45) is 6.60. The summed E-state index contributed by atoms with van der Waals surface area (Å²) in [5.74, 6) is -0.392. The highest BCUT2D eigenvalue weighted by Crippen LogP contribution is 2.48. The molecular weight excluding hydrogens is 372 g/mol. The third-order valence-electron chi connectivity index (χ3n) is 5.52. The second-order valence-electron chi connectivity index (χ2n) is 9.14. The fraction of sp³-hybridized carbons (Fsp3) is 0.895. The van der Waals surface area contributed by atoms with Gasteiger partial charge in [0.25, 0.3) is 10.1 Å². The largest absolute Gasteiger partial charge is 0.464 e. The maximum absolute atomic E-state index is 12.6. The van der Waals surface area contributed by atoms with Crippen molar-refractivity contribution in [1.29, 1.82) is 0 Å². The maximum atomic E-state index is 12.6. The highest BCUT2D eigenvalue weighted by atomic mass is 32.2. The molecule has 0 aromatic heterocycles. The molecule has 2 aliphatic carbocycles. The van der Waals surface area contributed by atoms with Crippen LogP contribution in [-0.2, 0) is 29.2 Å². The minimum Gasteiger partial charge on any atom is -0.464 e. The van der Waals surface area contributed by atoms with E-state index < -0.39 is 32.9 Å². The predicted octanol–water partition coefficient (Wildman–Crippen LogP) is 3.13. The third-order valence-corrected chi connectivity index (χ3v) is 6.21. The van der Waals surface area contributed by atoms with Crippen LogP contribution in [0.3, 0.4) is 0 Å². The summed E-state index contributed by atoms with van der Waals surface area (Å²) in [5.41, 5.74) is -1.27. The molecule has 2 unspecified atom stereocenters. The van der Waals surface area contributed by atoms with Gasteiger partial charge in [-0.2, -0.15) is 8.42 Å². The van der Waals surface area contributed by atoms with Crippen molar-refractivity contribution in [3.05, 3.63) is 0 Å². The van der Waals surface area contributed by atoms with Crippen LogP contribution in [0, 0.1) is 17.3 Å². The monoisotopic (exact) mass is 404 g/mol. The molecule has 2 bridgehead atoms. The molecule has 2 atom stereocenters. The van der Waals surface area contributed by atoms with Crippen LogP contribution in [0.25, 0.3) is 0 Å². The van der Waals surface area contributed by atoms with E-state index in [0.717, 1.165) is 32.1 Å². The van der Waals surface area contributed by atoms with Gasteiger partial charge in [0, 0.05) is 6.42 Å². The van der Waals surface area contributed by atoms with Gasteiger partial charge in [-0.1, -0.05) is 19.3 Å². The Morgan fingerprint density at radius 2 is 1.74 bits per heavy atom. The SMILES string of the molecule is CC(C)(C)C(=O)OC1(CCC(=O)OCCS(=O)(=O)O)CC2CCCC(C2)C1. The van der Waals surface area contributed by atoms with Gasteiger partial charge in [-0.3, -0.25) is 14.1 Å². The van der Waals surface area contributed by atoms with E-state index >= 15 is 0 Å². The number of esters is 2. The van der Waals surface area contributed by atoms with Crippen LogP contribution in [0.4, 0.5) is 0 Å². The van der Waals surface area contributed by atoms with Gasteiger partial charge in [0.15, 0.2) is 0 Å². The van der Waals surface area contributed by atoms with Crippen molar-refractivity contribution >= 4 is 22.1 Å². The lowest BCUT2D eigenvalue weighted by molar-refractivity contribution is -0.181. The minimum absolute atomic E-state index is 0.0579. The smallest absolute Gasteiger partial charge is 0.311 e. The van der Waals surface area contributed by atoms with Gasteiger partial charge in [-0.25, -0.2) is 0 Å². The lowest BCUT2D eigenvalue weighted by Gasteiger charge is -2.47. The van der Waals surface area contributed by atoms with Crippen LogP contribution in [-0.4, -0.2) is 42.9 Å². The maximum Gasteiger partial charge on any atom is 0.311 e. The van der Waals surface area contributed by atoms with E-state index in [1.54, 1.807) is 0 Å². The van der Waals surface area contributed by atoms with Crippen LogP contribution in [0.15, 0.2) is 0 Å². The van der Waals surface area contributed by atoms with Crippen molar-refractivity contribution in [2.24, 2.45) is 17.3 Å². The van der Waals surface area contributed by atoms with E-state index in [1.165, 1.54) is 6.42 Å². The molecule has 156 valence electrons. The lowest BCUT2D eigenvalue weighted by Crippen LogP contribution is -2.46. The molecular formula is C19H32O7S. The van der Waals surface area contributed by atoms with Crippen molar-refractivity contribution in [1.82, 2.24) is 0 Å². The molecule has 2 saturated carbocycles. The van der Waals surface area contributed by atoms with Crippen molar-refractivity contribution in [3.8, 4) is 0 Å². The molecule has 2 rings (SSSR count). The van der Waals surface area contributed by atoms with Gasteiger partial charge in [0.1, 0.15) is 18.0 Å². The lowest BCUT2D eigenvalue weighted by atomic mass is 9.64. The Labute approximate surface area is 161 Å². The second kappa shape index (κ2) is 8.47. The third kappa shape index (κ3) is 7.07. The molecule has 0 amide bonds. The first-order valence-corrected chi connectivity index (χ1v) is 11.3. The normalized spacial score (nSPS) is 28.4. The van der Waals surface area contributed by atoms with Gasteiger partial charge in [-0.05, 0) is 58.3 Å². The highest BCUT2D eigenvalue weighted by Gasteiger charge is 2.46. The zero-order valence-corrected chi connectivity index (χ0v) is 17.3. The Kier molecular flexibility index (Phi) is 6.95. The molecule has 7 nitrogen and oxygen atoms in total. The number of rotatable bonds is 7. The number of fused-ring (bicyclic) bond motifs is 2. The Hall–Kier alpha value is -1.15. The molecule has 0 saturated heterocycles. The molecule has 0 aromatic rings. The molecule has 27 heavy (non-hydrogen) atoms. The van der Waals surface area contributed by atoms with E-state index in [0.29, 0.717) is 18.3 Å². The average molecular weight is 405 g/mol.